The third-order valence-electron chi connectivity index (χ3n) is 4.34. The largest absolute Gasteiger partial charge is 0.394 e. The second-order valence-electron chi connectivity index (χ2n) is 6.37. The van der Waals surface area contributed by atoms with Gasteiger partial charge in [-0.05, 0) is 26.8 Å². The smallest absolute Gasteiger partial charge is 0.165 e. The molecule has 2 saturated heterocycles. The van der Waals surface area contributed by atoms with E-state index in [0.29, 0.717) is 10.8 Å². The summed E-state index contributed by atoms with van der Waals surface area (Å²) in [6.45, 7) is 5.53. The highest BCUT2D eigenvalue weighted by molar-refractivity contribution is 6.33. The number of aromatic nitrogens is 3. The summed E-state index contributed by atoms with van der Waals surface area (Å²) >= 11 is 6.16. The van der Waals surface area contributed by atoms with E-state index >= 15 is 0 Å². The van der Waals surface area contributed by atoms with Gasteiger partial charge in [-0.25, -0.2) is 9.97 Å². The van der Waals surface area contributed by atoms with E-state index in [2.05, 4.69) is 9.97 Å². The minimum atomic E-state index is -0.714. The molecule has 2 fully saturated rings. The fourth-order valence-electron chi connectivity index (χ4n) is 3.46. The molecule has 1 N–H and O–H groups in total. The summed E-state index contributed by atoms with van der Waals surface area (Å²) in [5, 5.41) is 10.8. The average Bonchev–Trinajstić information content (AvgIpc) is 3.08. The summed E-state index contributed by atoms with van der Waals surface area (Å²) < 4.78 is 19.9. The number of nitrogens with zero attached hydrogens (tertiary/aromatic N) is 3. The molecule has 2 aromatic heterocycles. The van der Waals surface area contributed by atoms with Crippen molar-refractivity contribution < 1.29 is 19.3 Å². The van der Waals surface area contributed by atoms with E-state index in [9.17, 15) is 5.11 Å². The monoisotopic (exact) mass is 339 g/mol. The fourth-order valence-corrected chi connectivity index (χ4v) is 3.64. The molecule has 0 spiro atoms. The summed E-state index contributed by atoms with van der Waals surface area (Å²) in [6.07, 6.45) is -0.116. The van der Waals surface area contributed by atoms with Crippen LogP contribution in [-0.4, -0.2) is 50.3 Å². The number of rotatable bonds is 2. The average molecular weight is 340 g/mol. The molecule has 2 aromatic rings. The molecule has 0 aliphatic carbocycles. The molecule has 124 valence electrons. The highest BCUT2D eigenvalue weighted by Gasteiger charge is 2.56. The molecule has 7 nitrogen and oxygen atoms in total. The summed E-state index contributed by atoms with van der Waals surface area (Å²) in [7, 11) is 0. The van der Waals surface area contributed by atoms with Gasteiger partial charge in [0.05, 0.1) is 12.0 Å². The highest BCUT2D eigenvalue weighted by atomic mass is 35.5. The van der Waals surface area contributed by atoms with Crippen molar-refractivity contribution >= 4 is 22.6 Å². The molecular formula is C15H18ClN3O4. The molecule has 0 amide bonds. The van der Waals surface area contributed by atoms with Crippen molar-refractivity contribution in [1.29, 1.82) is 0 Å². The predicted molar refractivity (Wildman–Crippen MR) is 82.1 cm³/mol. The molecular weight excluding hydrogens is 322 g/mol. The maximum atomic E-state index is 9.61. The van der Waals surface area contributed by atoms with Gasteiger partial charge in [0.25, 0.3) is 0 Å². The number of halogens is 1. The second kappa shape index (κ2) is 5.12. The molecule has 4 rings (SSSR count). The van der Waals surface area contributed by atoms with Crippen LogP contribution >= 0.6 is 11.6 Å². The predicted octanol–water partition coefficient (Wildman–Crippen LogP) is 1.80. The molecule has 0 bridgehead atoms. The van der Waals surface area contributed by atoms with E-state index in [4.69, 9.17) is 25.8 Å². The first-order valence-electron chi connectivity index (χ1n) is 7.51. The zero-order valence-corrected chi connectivity index (χ0v) is 13.8. The number of ether oxygens (including phenoxy) is 3. The normalized spacial score (nSPS) is 32.6. The molecule has 23 heavy (non-hydrogen) atoms. The van der Waals surface area contributed by atoms with Gasteiger partial charge in [0.2, 0.25) is 0 Å². The van der Waals surface area contributed by atoms with Crippen LogP contribution in [0.15, 0.2) is 12.4 Å². The Balaban J connectivity index is 1.82. The summed E-state index contributed by atoms with van der Waals surface area (Å²) in [5.41, 5.74) is 1.61. The minimum absolute atomic E-state index is 0.134. The van der Waals surface area contributed by atoms with Crippen LogP contribution in [0.2, 0.25) is 5.15 Å². The second-order valence-corrected chi connectivity index (χ2v) is 6.73. The Bertz CT molecular complexity index is 763. The standard InChI is InChI=1S/C15H18ClN3O4/c1-7-4-8-12(16)17-6-18-13(8)19(7)14-11-10(9(5-20)21-14)22-15(2,3)23-11/h4,6,9-11,14,20H,5H2,1-3H3/t9-,10-,11-,14-/m1/s1. The van der Waals surface area contributed by atoms with Gasteiger partial charge >= 0.3 is 0 Å². The maximum absolute atomic E-state index is 9.61. The van der Waals surface area contributed by atoms with E-state index in [1.165, 1.54) is 6.33 Å². The van der Waals surface area contributed by atoms with Crippen LogP contribution in [0, 0.1) is 6.92 Å². The molecule has 0 unspecified atom stereocenters. The lowest BCUT2D eigenvalue weighted by atomic mass is 10.1. The molecule has 2 aliphatic rings. The van der Waals surface area contributed by atoms with Crippen LogP contribution in [0.3, 0.4) is 0 Å². The molecule has 8 heteroatoms. The molecule has 4 heterocycles. The molecule has 0 aromatic carbocycles. The quantitative estimate of drug-likeness (QED) is 0.841. The van der Waals surface area contributed by atoms with Gasteiger partial charge in [-0.3, -0.25) is 0 Å². The van der Waals surface area contributed by atoms with Crippen LogP contribution in [0.25, 0.3) is 11.0 Å². The fraction of sp³-hybridized carbons (Fsp3) is 0.600. The lowest BCUT2D eigenvalue weighted by Gasteiger charge is -2.25. The highest BCUT2D eigenvalue weighted by Crippen LogP contribution is 2.44. The number of aliphatic hydroxyl groups excluding tert-OH is 1. The number of aliphatic hydroxyl groups is 1. The zero-order chi connectivity index (χ0) is 16.4. The Kier molecular flexibility index (Phi) is 3.40. The van der Waals surface area contributed by atoms with Crippen molar-refractivity contribution in [2.24, 2.45) is 0 Å². The van der Waals surface area contributed by atoms with Gasteiger partial charge in [0, 0.05) is 5.69 Å². The lowest BCUT2D eigenvalue weighted by Crippen LogP contribution is -2.31. The van der Waals surface area contributed by atoms with Crippen LogP contribution in [0.4, 0.5) is 0 Å². The first-order valence-corrected chi connectivity index (χ1v) is 7.89. The molecule has 2 aliphatic heterocycles. The number of hydrogen-bond donors (Lipinski definition) is 1. The van der Waals surface area contributed by atoms with E-state index in [1.54, 1.807) is 0 Å². The Hall–Kier alpha value is -1.25. The van der Waals surface area contributed by atoms with E-state index in [-0.39, 0.29) is 18.8 Å². The van der Waals surface area contributed by atoms with Gasteiger partial charge < -0.3 is 23.9 Å². The first kappa shape index (κ1) is 15.3. The third-order valence-corrected chi connectivity index (χ3v) is 4.64. The number of hydrogen-bond acceptors (Lipinski definition) is 6. The maximum Gasteiger partial charge on any atom is 0.165 e. The SMILES string of the molecule is Cc1cc2c(Cl)ncnc2n1[C@@H]1O[C@H](CO)[C@H]2OC(C)(C)O[C@H]21. The van der Waals surface area contributed by atoms with Crippen molar-refractivity contribution in [3.63, 3.8) is 0 Å². The van der Waals surface area contributed by atoms with Gasteiger partial charge in [0.1, 0.15) is 35.4 Å². The zero-order valence-electron chi connectivity index (χ0n) is 13.1. The molecule has 4 atom stereocenters. The Morgan fingerprint density at radius 3 is 2.78 bits per heavy atom. The van der Waals surface area contributed by atoms with Crippen LogP contribution in [0.5, 0.6) is 0 Å². The van der Waals surface area contributed by atoms with Crippen molar-refractivity contribution in [3.05, 3.63) is 23.2 Å². The molecule has 0 radical (unpaired) electrons. The first-order chi connectivity index (χ1) is 10.9. The van der Waals surface area contributed by atoms with Gasteiger partial charge in [0.15, 0.2) is 12.0 Å². The van der Waals surface area contributed by atoms with E-state index in [1.807, 2.05) is 31.4 Å². The van der Waals surface area contributed by atoms with Crippen molar-refractivity contribution in [1.82, 2.24) is 14.5 Å². The van der Waals surface area contributed by atoms with Gasteiger partial charge in [-0.15, -0.1) is 0 Å². The van der Waals surface area contributed by atoms with Crippen LogP contribution < -0.4 is 0 Å². The van der Waals surface area contributed by atoms with E-state index in [0.717, 1.165) is 11.1 Å². The number of aryl methyl sites for hydroxylation is 1. The van der Waals surface area contributed by atoms with Gasteiger partial charge in [-0.2, -0.15) is 0 Å². The minimum Gasteiger partial charge on any atom is -0.394 e. The molecule has 0 saturated carbocycles. The van der Waals surface area contributed by atoms with Crippen LogP contribution in [-0.2, 0) is 14.2 Å². The Morgan fingerprint density at radius 2 is 2.04 bits per heavy atom. The van der Waals surface area contributed by atoms with Crippen LogP contribution in [0.1, 0.15) is 25.8 Å². The third kappa shape index (κ3) is 2.27. The van der Waals surface area contributed by atoms with E-state index < -0.39 is 18.1 Å². The van der Waals surface area contributed by atoms with Crippen molar-refractivity contribution in [2.45, 2.75) is 51.1 Å². The van der Waals surface area contributed by atoms with Gasteiger partial charge in [-0.1, -0.05) is 11.6 Å². The van der Waals surface area contributed by atoms with Crippen molar-refractivity contribution in [3.8, 4) is 0 Å². The number of fused-ring (bicyclic) bond motifs is 2. The summed E-state index contributed by atoms with van der Waals surface area (Å²) in [4.78, 5) is 8.35. The Labute approximate surface area is 138 Å². The topological polar surface area (TPSA) is 78.6 Å². The summed E-state index contributed by atoms with van der Waals surface area (Å²) in [5.74, 6) is -0.714. The Morgan fingerprint density at radius 1 is 1.30 bits per heavy atom. The lowest BCUT2D eigenvalue weighted by molar-refractivity contribution is -0.199. The summed E-state index contributed by atoms with van der Waals surface area (Å²) in [6, 6.07) is 1.92. The van der Waals surface area contributed by atoms with Crippen molar-refractivity contribution in [2.75, 3.05) is 6.61 Å².